The van der Waals surface area contributed by atoms with Crippen molar-refractivity contribution in [3.8, 4) is 11.5 Å². The van der Waals surface area contributed by atoms with Crippen molar-refractivity contribution in [1.82, 2.24) is 4.90 Å². The van der Waals surface area contributed by atoms with Crippen LogP contribution in [-0.2, 0) is 11.3 Å². The summed E-state index contributed by atoms with van der Waals surface area (Å²) in [6.07, 6.45) is 1.46. The molecule has 1 aliphatic heterocycles. The molecule has 3 aromatic rings. The van der Waals surface area contributed by atoms with E-state index in [2.05, 4.69) is 10.2 Å². The van der Waals surface area contributed by atoms with Crippen LogP contribution in [0.4, 0.5) is 10.1 Å². The van der Waals surface area contributed by atoms with Gasteiger partial charge in [0.25, 0.3) is 0 Å². The Kier molecular flexibility index (Phi) is 6.85. The molecular formula is C25H24ClFN2O2. The van der Waals surface area contributed by atoms with Crippen molar-refractivity contribution in [2.45, 2.75) is 19.4 Å². The van der Waals surface area contributed by atoms with Crippen LogP contribution in [0.15, 0.2) is 72.8 Å². The summed E-state index contributed by atoms with van der Waals surface area (Å²) in [5.74, 6) is 1.15. The number of anilines is 1. The van der Waals surface area contributed by atoms with Gasteiger partial charge in [-0.2, -0.15) is 0 Å². The van der Waals surface area contributed by atoms with Gasteiger partial charge in [0.2, 0.25) is 5.91 Å². The second kappa shape index (κ2) is 9.94. The van der Waals surface area contributed by atoms with E-state index in [1.807, 2.05) is 54.6 Å². The highest BCUT2D eigenvalue weighted by atomic mass is 35.5. The fourth-order valence-corrected chi connectivity index (χ4v) is 3.96. The molecule has 1 fully saturated rings. The number of para-hydroxylation sites is 1. The minimum absolute atomic E-state index is 0.0142. The summed E-state index contributed by atoms with van der Waals surface area (Å²) in [6, 6.07) is 21.6. The molecular weight excluding hydrogens is 415 g/mol. The number of carbonyl (C=O) groups is 1. The first-order valence-corrected chi connectivity index (χ1v) is 10.8. The third kappa shape index (κ3) is 5.63. The third-order valence-corrected chi connectivity index (χ3v) is 5.86. The summed E-state index contributed by atoms with van der Waals surface area (Å²) in [4.78, 5) is 14.8. The number of piperidine rings is 1. The molecule has 1 aliphatic rings. The Balaban J connectivity index is 1.27. The zero-order chi connectivity index (χ0) is 21.6. The SMILES string of the molecule is O=C(Nc1ccc(Oc2ccccc2)cc1)C1CCN(Cc2c(F)cccc2Cl)CC1. The monoisotopic (exact) mass is 438 g/mol. The van der Waals surface area contributed by atoms with Crippen molar-refractivity contribution in [3.05, 3.63) is 89.2 Å². The summed E-state index contributed by atoms with van der Waals surface area (Å²) < 4.78 is 19.8. The number of halogens is 2. The van der Waals surface area contributed by atoms with Gasteiger partial charge in [0.05, 0.1) is 0 Å². The van der Waals surface area contributed by atoms with Gasteiger partial charge in [-0.1, -0.05) is 35.9 Å². The quantitative estimate of drug-likeness (QED) is 0.504. The minimum Gasteiger partial charge on any atom is -0.457 e. The molecule has 160 valence electrons. The van der Waals surface area contributed by atoms with Gasteiger partial charge in [-0.05, 0) is 74.5 Å². The fraction of sp³-hybridized carbons (Fsp3) is 0.240. The minimum atomic E-state index is -0.285. The molecule has 6 heteroatoms. The number of likely N-dealkylation sites (tertiary alicyclic amines) is 1. The zero-order valence-electron chi connectivity index (χ0n) is 17.1. The number of rotatable bonds is 6. The molecule has 0 bridgehead atoms. The van der Waals surface area contributed by atoms with E-state index in [0.29, 0.717) is 22.9 Å². The molecule has 4 rings (SSSR count). The van der Waals surface area contributed by atoms with Crippen LogP contribution in [0.5, 0.6) is 11.5 Å². The molecule has 31 heavy (non-hydrogen) atoms. The van der Waals surface area contributed by atoms with Gasteiger partial charge in [-0.25, -0.2) is 4.39 Å². The van der Waals surface area contributed by atoms with Crippen LogP contribution in [0.1, 0.15) is 18.4 Å². The molecule has 1 N–H and O–H groups in total. The van der Waals surface area contributed by atoms with Gasteiger partial charge in [-0.3, -0.25) is 9.69 Å². The van der Waals surface area contributed by atoms with Crippen molar-refractivity contribution in [2.24, 2.45) is 5.92 Å². The first-order chi connectivity index (χ1) is 15.1. The number of benzene rings is 3. The van der Waals surface area contributed by atoms with E-state index in [-0.39, 0.29) is 17.6 Å². The molecule has 0 saturated carbocycles. The Morgan fingerprint density at radius 3 is 2.32 bits per heavy atom. The van der Waals surface area contributed by atoms with E-state index in [1.165, 1.54) is 6.07 Å². The number of ether oxygens (including phenoxy) is 1. The highest BCUT2D eigenvalue weighted by Gasteiger charge is 2.26. The number of hydrogen-bond acceptors (Lipinski definition) is 3. The van der Waals surface area contributed by atoms with Gasteiger partial charge in [-0.15, -0.1) is 0 Å². The summed E-state index contributed by atoms with van der Waals surface area (Å²) in [7, 11) is 0. The van der Waals surface area contributed by atoms with Gasteiger partial charge >= 0.3 is 0 Å². The molecule has 3 aromatic carbocycles. The maximum Gasteiger partial charge on any atom is 0.227 e. The molecule has 1 saturated heterocycles. The van der Waals surface area contributed by atoms with Gasteiger partial charge < -0.3 is 10.1 Å². The van der Waals surface area contributed by atoms with Gasteiger partial charge in [0, 0.05) is 28.7 Å². The van der Waals surface area contributed by atoms with Crippen molar-refractivity contribution in [3.63, 3.8) is 0 Å². The summed E-state index contributed by atoms with van der Waals surface area (Å²) >= 11 is 6.13. The Hall–Kier alpha value is -2.89. The lowest BCUT2D eigenvalue weighted by Gasteiger charge is -2.31. The number of hydrogen-bond donors (Lipinski definition) is 1. The first-order valence-electron chi connectivity index (χ1n) is 10.4. The molecule has 0 atom stereocenters. The Morgan fingerprint density at radius 1 is 0.968 bits per heavy atom. The Morgan fingerprint density at radius 2 is 1.65 bits per heavy atom. The van der Waals surface area contributed by atoms with Crippen molar-refractivity contribution in [1.29, 1.82) is 0 Å². The van der Waals surface area contributed by atoms with Crippen LogP contribution in [0.25, 0.3) is 0 Å². The molecule has 0 unspecified atom stereocenters. The first kappa shape index (κ1) is 21.3. The van der Waals surface area contributed by atoms with Crippen LogP contribution < -0.4 is 10.1 Å². The van der Waals surface area contributed by atoms with Crippen LogP contribution in [-0.4, -0.2) is 23.9 Å². The number of carbonyl (C=O) groups excluding carboxylic acids is 1. The number of nitrogens with zero attached hydrogens (tertiary/aromatic N) is 1. The summed E-state index contributed by atoms with van der Waals surface area (Å²) in [5.41, 5.74) is 1.26. The van der Waals surface area contributed by atoms with Crippen molar-refractivity contribution >= 4 is 23.2 Å². The summed E-state index contributed by atoms with van der Waals surface area (Å²) in [6.45, 7) is 1.92. The van der Waals surface area contributed by atoms with Crippen molar-refractivity contribution in [2.75, 3.05) is 18.4 Å². The van der Waals surface area contributed by atoms with E-state index in [0.717, 1.165) is 37.4 Å². The van der Waals surface area contributed by atoms with Crippen LogP contribution in [0, 0.1) is 11.7 Å². The number of amides is 1. The van der Waals surface area contributed by atoms with Gasteiger partial charge in [0.1, 0.15) is 17.3 Å². The third-order valence-electron chi connectivity index (χ3n) is 5.50. The predicted molar refractivity (Wildman–Crippen MR) is 121 cm³/mol. The van der Waals surface area contributed by atoms with E-state index >= 15 is 0 Å². The standard InChI is InChI=1S/C25H24ClFN2O2/c26-23-7-4-8-24(27)22(23)17-29-15-13-18(14-16-29)25(30)28-19-9-11-21(12-10-19)31-20-5-2-1-3-6-20/h1-12,18H,13-17H2,(H,28,30). The zero-order valence-corrected chi connectivity index (χ0v) is 17.8. The molecule has 0 aliphatic carbocycles. The molecule has 0 aromatic heterocycles. The van der Waals surface area contributed by atoms with Crippen LogP contribution in [0.3, 0.4) is 0 Å². The molecule has 1 heterocycles. The van der Waals surface area contributed by atoms with Gasteiger partial charge in [0.15, 0.2) is 0 Å². The van der Waals surface area contributed by atoms with E-state index < -0.39 is 0 Å². The smallest absolute Gasteiger partial charge is 0.227 e. The highest BCUT2D eigenvalue weighted by molar-refractivity contribution is 6.31. The maximum absolute atomic E-state index is 14.0. The maximum atomic E-state index is 14.0. The lowest BCUT2D eigenvalue weighted by molar-refractivity contribution is -0.121. The Labute approximate surface area is 186 Å². The van der Waals surface area contributed by atoms with E-state index in [4.69, 9.17) is 16.3 Å². The predicted octanol–water partition coefficient (Wildman–Crippen LogP) is 6.12. The Bertz CT molecular complexity index is 999. The lowest BCUT2D eigenvalue weighted by atomic mass is 9.95. The van der Waals surface area contributed by atoms with Crippen LogP contribution >= 0.6 is 11.6 Å². The lowest BCUT2D eigenvalue weighted by Crippen LogP contribution is -2.38. The average Bonchev–Trinajstić information content (AvgIpc) is 2.79. The van der Waals surface area contributed by atoms with E-state index in [1.54, 1.807) is 12.1 Å². The second-order valence-electron chi connectivity index (χ2n) is 7.68. The largest absolute Gasteiger partial charge is 0.457 e. The normalized spacial score (nSPS) is 14.9. The molecule has 0 radical (unpaired) electrons. The number of nitrogens with one attached hydrogen (secondary N) is 1. The highest BCUT2D eigenvalue weighted by Crippen LogP contribution is 2.26. The fourth-order valence-electron chi connectivity index (χ4n) is 3.74. The molecule has 1 amide bonds. The van der Waals surface area contributed by atoms with Crippen LogP contribution in [0.2, 0.25) is 5.02 Å². The molecule has 0 spiro atoms. The average molecular weight is 439 g/mol. The topological polar surface area (TPSA) is 41.6 Å². The van der Waals surface area contributed by atoms with E-state index in [9.17, 15) is 9.18 Å². The van der Waals surface area contributed by atoms with Crippen molar-refractivity contribution < 1.29 is 13.9 Å². The summed E-state index contributed by atoms with van der Waals surface area (Å²) in [5, 5.41) is 3.44. The molecule has 4 nitrogen and oxygen atoms in total. The second-order valence-corrected chi connectivity index (χ2v) is 8.09.